The lowest BCUT2D eigenvalue weighted by atomic mass is 10.1. The zero-order valence-electron chi connectivity index (χ0n) is 19.3. The molecule has 1 heterocycles. The molecule has 2 amide bonds. The van der Waals surface area contributed by atoms with Gasteiger partial charge in [0.05, 0.1) is 10.6 Å². The summed E-state index contributed by atoms with van der Waals surface area (Å²) in [5.41, 5.74) is 2.22. The van der Waals surface area contributed by atoms with Crippen molar-refractivity contribution in [1.29, 1.82) is 0 Å². The van der Waals surface area contributed by atoms with Crippen LogP contribution >= 0.6 is 0 Å². The fourth-order valence-corrected chi connectivity index (χ4v) is 3.37. The minimum absolute atomic E-state index is 0.00534. The van der Waals surface area contributed by atoms with E-state index in [2.05, 4.69) is 15.8 Å². The Hall–Kier alpha value is -5.39. The highest BCUT2D eigenvalue weighted by atomic mass is 16.7. The molecule has 3 aromatic rings. The molecule has 0 atom stereocenters. The van der Waals surface area contributed by atoms with Crippen LogP contribution < -0.4 is 20.2 Å². The Kier molecular flexibility index (Phi) is 7.00. The molecule has 0 unspecified atom stereocenters. The zero-order chi connectivity index (χ0) is 26.5. The molecule has 0 bridgehead atoms. The number of benzene rings is 3. The molecule has 12 heteroatoms. The molecular formula is C25H20N4O8. The van der Waals surface area contributed by atoms with E-state index in [9.17, 15) is 29.9 Å². The van der Waals surface area contributed by atoms with E-state index in [4.69, 9.17) is 9.47 Å². The molecule has 1 aliphatic heterocycles. The third kappa shape index (κ3) is 5.65. The average Bonchev–Trinajstić information content (AvgIpc) is 3.35. The lowest BCUT2D eigenvalue weighted by Crippen LogP contribution is -2.33. The maximum Gasteiger partial charge on any atom is 0.311 e. The number of phenols is 2. The number of nitrogens with one attached hydrogen (secondary N) is 2. The predicted molar refractivity (Wildman–Crippen MR) is 131 cm³/mol. The number of nitro groups is 1. The van der Waals surface area contributed by atoms with Gasteiger partial charge in [0.1, 0.15) is 11.4 Å². The molecule has 0 aromatic heterocycles. The SMILES string of the molecule is C/C(=N\NC(=O)/C(=C/c1ccc2c(c1)OCO2)NC(=O)c1ccccc1)c1cc([N+](=O)[O-])c(O)cc1O. The van der Waals surface area contributed by atoms with E-state index >= 15 is 0 Å². The molecule has 37 heavy (non-hydrogen) atoms. The molecular weight excluding hydrogens is 484 g/mol. The molecule has 0 saturated heterocycles. The summed E-state index contributed by atoms with van der Waals surface area (Å²) in [7, 11) is 0. The van der Waals surface area contributed by atoms with Crippen LogP contribution in [-0.2, 0) is 4.79 Å². The number of hydrogen-bond acceptors (Lipinski definition) is 9. The van der Waals surface area contributed by atoms with E-state index in [0.717, 1.165) is 12.1 Å². The van der Waals surface area contributed by atoms with Gasteiger partial charge in [-0.1, -0.05) is 24.3 Å². The highest BCUT2D eigenvalue weighted by Gasteiger charge is 2.20. The van der Waals surface area contributed by atoms with Crippen molar-refractivity contribution in [3.63, 3.8) is 0 Å². The fourth-order valence-electron chi connectivity index (χ4n) is 3.37. The number of aromatic hydroxyl groups is 2. The first-order valence-corrected chi connectivity index (χ1v) is 10.8. The van der Waals surface area contributed by atoms with Crippen LogP contribution in [0.15, 0.2) is 71.5 Å². The quantitative estimate of drug-likeness (QED) is 0.164. The molecule has 0 saturated carbocycles. The first kappa shape index (κ1) is 24.7. The van der Waals surface area contributed by atoms with E-state index < -0.39 is 33.9 Å². The number of hydrazone groups is 1. The highest BCUT2D eigenvalue weighted by molar-refractivity contribution is 6.07. The third-order valence-electron chi connectivity index (χ3n) is 5.24. The summed E-state index contributed by atoms with van der Waals surface area (Å²) >= 11 is 0. The molecule has 4 N–H and O–H groups in total. The fraction of sp³-hybridized carbons (Fsp3) is 0.0800. The second-order valence-corrected chi connectivity index (χ2v) is 7.74. The summed E-state index contributed by atoms with van der Waals surface area (Å²) < 4.78 is 10.6. The number of rotatable bonds is 7. The molecule has 0 radical (unpaired) electrons. The Morgan fingerprint density at radius 3 is 2.49 bits per heavy atom. The summed E-state index contributed by atoms with van der Waals surface area (Å²) in [6.45, 7) is 1.46. The van der Waals surface area contributed by atoms with Gasteiger partial charge in [0.2, 0.25) is 6.79 Å². The number of carbonyl (C=O) groups is 2. The van der Waals surface area contributed by atoms with Crippen LogP contribution in [0, 0.1) is 10.1 Å². The van der Waals surface area contributed by atoms with E-state index in [1.54, 1.807) is 48.5 Å². The van der Waals surface area contributed by atoms with Crippen LogP contribution in [0.25, 0.3) is 6.08 Å². The van der Waals surface area contributed by atoms with E-state index in [0.29, 0.717) is 22.6 Å². The van der Waals surface area contributed by atoms with E-state index in [1.165, 1.54) is 13.0 Å². The Labute approximate surface area is 209 Å². The first-order chi connectivity index (χ1) is 17.7. The Bertz CT molecular complexity index is 1450. The maximum atomic E-state index is 13.0. The van der Waals surface area contributed by atoms with Crippen LogP contribution in [0.3, 0.4) is 0 Å². The van der Waals surface area contributed by atoms with Gasteiger partial charge in [-0.25, -0.2) is 5.43 Å². The summed E-state index contributed by atoms with van der Waals surface area (Å²) in [5, 5.41) is 37.3. The number of ether oxygens (including phenoxy) is 2. The summed E-state index contributed by atoms with van der Waals surface area (Å²) in [6, 6.07) is 14.9. The van der Waals surface area contributed by atoms with Crippen molar-refractivity contribution in [2.75, 3.05) is 6.79 Å². The minimum Gasteiger partial charge on any atom is -0.507 e. The van der Waals surface area contributed by atoms with Crippen molar-refractivity contribution >= 4 is 29.3 Å². The van der Waals surface area contributed by atoms with Gasteiger partial charge in [-0.2, -0.15) is 5.10 Å². The van der Waals surface area contributed by atoms with Gasteiger partial charge >= 0.3 is 5.69 Å². The van der Waals surface area contributed by atoms with Gasteiger partial charge in [0, 0.05) is 23.3 Å². The van der Waals surface area contributed by atoms with Crippen molar-refractivity contribution in [2.24, 2.45) is 5.10 Å². The zero-order valence-corrected chi connectivity index (χ0v) is 19.3. The lowest BCUT2D eigenvalue weighted by molar-refractivity contribution is -0.385. The second-order valence-electron chi connectivity index (χ2n) is 7.74. The van der Waals surface area contributed by atoms with Gasteiger partial charge < -0.3 is 25.0 Å². The Balaban J connectivity index is 1.62. The van der Waals surface area contributed by atoms with Crippen molar-refractivity contribution in [3.05, 3.63) is 93.2 Å². The highest BCUT2D eigenvalue weighted by Crippen LogP contribution is 2.34. The van der Waals surface area contributed by atoms with Gasteiger partial charge in [-0.05, 0) is 42.8 Å². The number of amides is 2. The molecule has 0 aliphatic carbocycles. The topological polar surface area (TPSA) is 173 Å². The van der Waals surface area contributed by atoms with Gasteiger partial charge in [-0.3, -0.25) is 19.7 Å². The largest absolute Gasteiger partial charge is 0.507 e. The monoisotopic (exact) mass is 504 g/mol. The number of fused-ring (bicyclic) bond motifs is 1. The standard InChI is InChI=1S/C25H20N4O8/c1-14(17-11-19(29(34)35)21(31)12-20(17)30)27-28-25(33)18(26-24(32)16-5-3-2-4-6-16)9-15-7-8-22-23(10-15)37-13-36-22/h2-12,30-31H,13H2,1H3,(H,26,32)(H,28,33)/b18-9-,27-14+. The number of nitro benzene ring substituents is 1. The third-order valence-corrected chi connectivity index (χ3v) is 5.24. The van der Waals surface area contributed by atoms with Gasteiger partial charge in [-0.15, -0.1) is 0 Å². The van der Waals surface area contributed by atoms with Crippen LogP contribution in [0.2, 0.25) is 0 Å². The van der Waals surface area contributed by atoms with Crippen molar-refractivity contribution < 1.29 is 34.2 Å². The lowest BCUT2D eigenvalue weighted by Gasteiger charge is -2.10. The molecule has 4 rings (SSSR count). The van der Waals surface area contributed by atoms with Crippen molar-refractivity contribution in [2.45, 2.75) is 6.92 Å². The predicted octanol–water partition coefficient (Wildman–Crippen LogP) is 3.05. The summed E-state index contributed by atoms with van der Waals surface area (Å²) in [5.74, 6) is -1.54. The molecule has 3 aromatic carbocycles. The number of hydrogen-bond donors (Lipinski definition) is 4. The van der Waals surface area contributed by atoms with Gasteiger partial charge in [0.15, 0.2) is 17.2 Å². The second kappa shape index (κ2) is 10.5. The number of nitrogens with zero attached hydrogens (tertiary/aromatic N) is 2. The van der Waals surface area contributed by atoms with Crippen molar-refractivity contribution in [3.8, 4) is 23.0 Å². The minimum atomic E-state index is -0.824. The summed E-state index contributed by atoms with van der Waals surface area (Å²) in [4.78, 5) is 36.1. The first-order valence-electron chi connectivity index (χ1n) is 10.8. The summed E-state index contributed by atoms with van der Waals surface area (Å²) in [6.07, 6.45) is 1.41. The van der Waals surface area contributed by atoms with Crippen molar-refractivity contribution in [1.82, 2.24) is 10.7 Å². The van der Waals surface area contributed by atoms with Crippen LogP contribution in [0.4, 0.5) is 5.69 Å². The average molecular weight is 504 g/mol. The van der Waals surface area contributed by atoms with Crippen LogP contribution in [-0.4, -0.2) is 39.5 Å². The smallest absolute Gasteiger partial charge is 0.311 e. The normalized spacial score (nSPS) is 12.7. The number of carbonyl (C=O) groups excluding carboxylic acids is 2. The van der Waals surface area contributed by atoms with E-state index in [-0.39, 0.29) is 23.8 Å². The molecule has 1 aliphatic rings. The maximum absolute atomic E-state index is 13.0. The molecule has 12 nitrogen and oxygen atoms in total. The molecule has 188 valence electrons. The Morgan fingerprint density at radius 2 is 1.76 bits per heavy atom. The van der Waals surface area contributed by atoms with E-state index in [1.807, 2.05) is 0 Å². The van der Waals surface area contributed by atoms with Crippen LogP contribution in [0.5, 0.6) is 23.0 Å². The molecule has 0 fully saturated rings. The van der Waals surface area contributed by atoms with Gasteiger partial charge in [0.25, 0.3) is 11.8 Å². The van der Waals surface area contributed by atoms with Crippen LogP contribution in [0.1, 0.15) is 28.4 Å². The molecule has 0 spiro atoms. The number of phenolic OH excluding ortho intramolecular Hbond substituents is 2. The Morgan fingerprint density at radius 1 is 1.03 bits per heavy atom.